The Labute approximate surface area is 157 Å². The highest BCUT2D eigenvalue weighted by Crippen LogP contribution is 2.45. The first-order valence-electron chi connectivity index (χ1n) is 8.74. The van der Waals surface area contributed by atoms with Crippen LogP contribution >= 0.6 is 0 Å². The zero-order valence-electron chi connectivity index (χ0n) is 14.9. The minimum absolute atomic E-state index is 0.329. The van der Waals surface area contributed by atoms with Crippen LogP contribution in [0, 0.1) is 18.3 Å². The van der Waals surface area contributed by atoms with Crippen LogP contribution in [0.2, 0.25) is 0 Å². The first-order valence-corrected chi connectivity index (χ1v) is 8.74. The molecule has 0 bridgehead atoms. The van der Waals surface area contributed by atoms with Gasteiger partial charge in [0, 0.05) is 5.56 Å². The van der Waals surface area contributed by atoms with Gasteiger partial charge >= 0.3 is 0 Å². The second-order valence-corrected chi connectivity index (χ2v) is 6.80. The molecule has 27 heavy (non-hydrogen) atoms. The van der Waals surface area contributed by atoms with E-state index in [1.165, 1.54) is 0 Å². The fourth-order valence-electron chi connectivity index (χ4n) is 3.61. The van der Waals surface area contributed by atoms with Gasteiger partial charge in [-0.15, -0.1) is 0 Å². The normalized spacial score (nSPS) is 18.3. The van der Waals surface area contributed by atoms with Crippen molar-refractivity contribution in [2.45, 2.75) is 19.1 Å². The highest BCUT2D eigenvalue weighted by Gasteiger charge is 2.50. The molecular weight excluding hydrogens is 336 g/mol. The van der Waals surface area contributed by atoms with Gasteiger partial charge in [0.05, 0.1) is 23.9 Å². The molecule has 1 aliphatic rings. The third-order valence-electron chi connectivity index (χ3n) is 5.00. The molecule has 3 aromatic rings. The van der Waals surface area contributed by atoms with E-state index in [4.69, 9.17) is 5.26 Å². The number of carbonyl (C=O) groups excluding carboxylic acids is 1. The number of hydrogen-bond donors (Lipinski definition) is 1. The molecule has 0 aliphatic carbocycles. The highest BCUT2D eigenvalue weighted by atomic mass is 16.3. The number of fused-ring (bicyclic) bond motifs is 1. The molecule has 132 valence electrons. The molecule has 0 aromatic heterocycles. The van der Waals surface area contributed by atoms with Gasteiger partial charge < -0.3 is 10.0 Å². The molecule has 4 heteroatoms. The quantitative estimate of drug-likeness (QED) is 0.781. The van der Waals surface area contributed by atoms with E-state index in [0.717, 1.165) is 11.1 Å². The minimum atomic E-state index is -1.70. The molecule has 1 aliphatic heterocycles. The number of para-hydroxylation sites is 1. The molecule has 0 spiro atoms. The minimum Gasteiger partial charge on any atom is -0.372 e. The predicted octanol–water partition coefficient (Wildman–Crippen LogP) is 3.65. The number of aliphatic hydroxyl groups is 1. The summed E-state index contributed by atoms with van der Waals surface area (Å²) < 4.78 is 0. The second-order valence-electron chi connectivity index (χ2n) is 6.80. The van der Waals surface area contributed by atoms with Crippen LogP contribution in [0.3, 0.4) is 0 Å². The summed E-state index contributed by atoms with van der Waals surface area (Å²) in [5.74, 6) is -0.362. The van der Waals surface area contributed by atoms with Crippen LogP contribution in [-0.2, 0) is 16.9 Å². The molecule has 0 radical (unpaired) electrons. The van der Waals surface area contributed by atoms with Gasteiger partial charge in [-0.3, -0.25) is 4.79 Å². The van der Waals surface area contributed by atoms with Gasteiger partial charge in [0.1, 0.15) is 0 Å². The Morgan fingerprint density at radius 2 is 1.78 bits per heavy atom. The zero-order chi connectivity index (χ0) is 19.0. The number of aryl methyl sites for hydroxylation is 1. The molecule has 1 amide bonds. The van der Waals surface area contributed by atoms with E-state index < -0.39 is 5.60 Å². The van der Waals surface area contributed by atoms with Crippen molar-refractivity contribution in [1.82, 2.24) is 0 Å². The van der Waals surface area contributed by atoms with Crippen LogP contribution in [0.5, 0.6) is 0 Å². The third kappa shape index (κ3) is 2.69. The number of nitrogens with zero attached hydrogens (tertiary/aromatic N) is 2. The molecule has 1 atom stereocenters. The highest BCUT2D eigenvalue weighted by molar-refractivity contribution is 6.09. The van der Waals surface area contributed by atoms with Gasteiger partial charge in [-0.1, -0.05) is 60.2 Å². The van der Waals surface area contributed by atoms with Crippen molar-refractivity contribution in [2.24, 2.45) is 0 Å². The molecule has 0 fully saturated rings. The van der Waals surface area contributed by atoms with E-state index in [2.05, 4.69) is 6.07 Å². The number of rotatable bonds is 3. The van der Waals surface area contributed by atoms with Crippen molar-refractivity contribution >= 4 is 11.6 Å². The summed E-state index contributed by atoms with van der Waals surface area (Å²) >= 11 is 0. The maximum atomic E-state index is 13.3. The largest absolute Gasteiger partial charge is 0.372 e. The van der Waals surface area contributed by atoms with Gasteiger partial charge in [-0.05, 0) is 36.2 Å². The number of nitriles is 1. The van der Waals surface area contributed by atoms with Gasteiger partial charge in [0.15, 0.2) is 5.60 Å². The number of hydrogen-bond acceptors (Lipinski definition) is 3. The van der Waals surface area contributed by atoms with Crippen molar-refractivity contribution in [3.8, 4) is 6.07 Å². The van der Waals surface area contributed by atoms with Crippen molar-refractivity contribution in [2.75, 3.05) is 4.90 Å². The monoisotopic (exact) mass is 354 g/mol. The fourth-order valence-corrected chi connectivity index (χ4v) is 3.61. The maximum absolute atomic E-state index is 13.3. The molecule has 1 N–H and O–H groups in total. The van der Waals surface area contributed by atoms with E-state index in [-0.39, 0.29) is 5.91 Å². The Kier molecular flexibility index (Phi) is 4.02. The Bertz CT molecular complexity index is 1070. The zero-order valence-corrected chi connectivity index (χ0v) is 14.9. The van der Waals surface area contributed by atoms with Crippen LogP contribution in [-0.4, -0.2) is 11.0 Å². The molecule has 0 saturated heterocycles. The SMILES string of the molecule is Cc1cccc([C@]2(O)C(=O)N(Cc3ccc(C#N)cc3)c3ccccc32)c1. The maximum Gasteiger partial charge on any atom is 0.268 e. The second kappa shape index (κ2) is 6.39. The summed E-state index contributed by atoms with van der Waals surface area (Å²) in [7, 11) is 0. The van der Waals surface area contributed by atoms with Gasteiger partial charge in [-0.25, -0.2) is 0 Å². The van der Waals surface area contributed by atoms with Crippen LogP contribution < -0.4 is 4.90 Å². The predicted molar refractivity (Wildman–Crippen MR) is 103 cm³/mol. The van der Waals surface area contributed by atoms with Gasteiger partial charge in [-0.2, -0.15) is 5.26 Å². The van der Waals surface area contributed by atoms with E-state index in [1.807, 2.05) is 55.5 Å². The average molecular weight is 354 g/mol. The van der Waals surface area contributed by atoms with E-state index >= 15 is 0 Å². The summed E-state index contributed by atoms with van der Waals surface area (Å²) in [6.07, 6.45) is 0. The Balaban J connectivity index is 1.79. The van der Waals surface area contributed by atoms with Crippen LogP contribution in [0.25, 0.3) is 0 Å². The van der Waals surface area contributed by atoms with Crippen molar-refractivity contribution in [1.29, 1.82) is 5.26 Å². The fraction of sp³-hybridized carbons (Fsp3) is 0.130. The topological polar surface area (TPSA) is 64.3 Å². The molecule has 4 nitrogen and oxygen atoms in total. The Hall–Kier alpha value is -3.42. The van der Waals surface area contributed by atoms with Gasteiger partial charge in [0.2, 0.25) is 0 Å². The van der Waals surface area contributed by atoms with Crippen LogP contribution in [0.4, 0.5) is 5.69 Å². The molecule has 0 saturated carbocycles. The Morgan fingerprint density at radius 3 is 2.48 bits per heavy atom. The number of anilines is 1. The van der Waals surface area contributed by atoms with E-state index in [9.17, 15) is 9.90 Å². The van der Waals surface area contributed by atoms with Crippen LogP contribution in [0.15, 0.2) is 72.8 Å². The molecule has 3 aromatic carbocycles. The summed E-state index contributed by atoms with van der Waals surface area (Å²) in [5, 5.41) is 20.5. The lowest BCUT2D eigenvalue weighted by Crippen LogP contribution is -2.40. The van der Waals surface area contributed by atoms with Crippen molar-refractivity contribution < 1.29 is 9.90 Å². The van der Waals surface area contributed by atoms with E-state index in [1.54, 1.807) is 29.2 Å². The molecular formula is C23H18N2O2. The standard InChI is InChI=1S/C23H18N2O2/c1-16-5-4-6-19(13-16)23(27)20-7-2-3-8-21(20)25(22(23)26)15-18-11-9-17(14-24)10-12-18/h2-13,27H,15H2,1H3/t23-/m1/s1. The molecule has 1 heterocycles. The summed E-state index contributed by atoms with van der Waals surface area (Å²) in [5.41, 5.74) is 2.62. The third-order valence-corrected chi connectivity index (χ3v) is 5.00. The summed E-state index contributed by atoms with van der Waals surface area (Å²) in [6.45, 7) is 2.27. The first kappa shape index (κ1) is 17.0. The first-order chi connectivity index (χ1) is 13.0. The number of carbonyl (C=O) groups is 1. The van der Waals surface area contributed by atoms with Crippen molar-refractivity contribution in [3.63, 3.8) is 0 Å². The lowest BCUT2D eigenvalue weighted by Gasteiger charge is -2.24. The van der Waals surface area contributed by atoms with Gasteiger partial charge in [0.25, 0.3) is 5.91 Å². The van der Waals surface area contributed by atoms with Crippen molar-refractivity contribution in [3.05, 3.63) is 101 Å². The number of amides is 1. The summed E-state index contributed by atoms with van der Waals surface area (Å²) in [4.78, 5) is 15.0. The smallest absolute Gasteiger partial charge is 0.268 e. The number of benzene rings is 3. The summed E-state index contributed by atoms with van der Waals surface area (Å²) in [6, 6.07) is 24.0. The van der Waals surface area contributed by atoms with E-state index in [0.29, 0.717) is 28.9 Å². The lowest BCUT2D eigenvalue weighted by atomic mass is 9.87. The molecule has 4 rings (SSSR count). The van der Waals surface area contributed by atoms with Crippen LogP contribution in [0.1, 0.15) is 27.8 Å². The Morgan fingerprint density at radius 1 is 1.04 bits per heavy atom. The molecule has 0 unspecified atom stereocenters. The lowest BCUT2D eigenvalue weighted by molar-refractivity contribution is -0.132. The average Bonchev–Trinajstić information content (AvgIpc) is 2.92.